The molecule has 0 spiro atoms. The van der Waals surface area contributed by atoms with Crippen molar-refractivity contribution in [1.29, 1.82) is 0 Å². The third kappa shape index (κ3) is 3.19. The zero-order chi connectivity index (χ0) is 15.7. The molecule has 20 heavy (non-hydrogen) atoms. The van der Waals surface area contributed by atoms with Gasteiger partial charge in [-0.3, -0.25) is 20.2 Å². The van der Waals surface area contributed by atoms with Gasteiger partial charge in [-0.05, 0) is 5.41 Å². The average molecular weight is 283 g/mol. The summed E-state index contributed by atoms with van der Waals surface area (Å²) < 4.78 is 4.67. The van der Waals surface area contributed by atoms with E-state index in [2.05, 4.69) is 4.74 Å². The van der Waals surface area contributed by atoms with Gasteiger partial charge in [-0.15, -0.1) is 0 Å². The molecular formula is C11H13N3O6. The van der Waals surface area contributed by atoms with E-state index < -0.39 is 32.7 Å². The molecule has 9 heteroatoms. The van der Waals surface area contributed by atoms with Crippen LogP contribution in [0.25, 0.3) is 0 Å². The van der Waals surface area contributed by atoms with Crippen LogP contribution in [0.5, 0.6) is 5.75 Å². The maximum Gasteiger partial charge on any atom is 0.410 e. The Morgan fingerprint density at radius 1 is 1.20 bits per heavy atom. The van der Waals surface area contributed by atoms with Crippen molar-refractivity contribution in [3.05, 3.63) is 37.9 Å². The summed E-state index contributed by atoms with van der Waals surface area (Å²) in [6.45, 7) is 5.01. The molecule has 0 aromatic heterocycles. The van der Waals surface area contributed by atoms with E-state index in [0.29, 0.717) is 0 Å². The molecule has 0 saturated carbocycles. The molecule has 2 N–H and O–H groups in total. The summed E-state index contributed by atoms with van der Waals surface area (Å²) in [6.07, 6.45) is -1.23. The topological polar surface area (TPSA) is 139 Å². The number of nitro benzene ring substituents is 2. The predicted octanol–water partition coefficient (Wildman–Crippen LogP) is 2.26. The normalized spacial score (nSPS) is 10.9. The molecule has 108 valence electrons. The minimum absolute atomic E-state index is 0.150. The second kappa shape index (κ2) is 5.11. The Morgan fingerprint density at radius 2 is 1.75 bits per heavy atom. The summed E-state index contributed by atoms with van der Waals surface area (Å²) >= 11 is 0. The first kappa shape index (κ1) is 15.3. The van der Waals surface area contributed by atoms with E-state index in [4.69, 9.17) is 5.73 Å². The molecule has 0 aliphatic heterocycles. The van der Waals surface area contributed by atoms with Crippen LogP contribution in [-0.4, -0.2) is 15.9 Å². The zero-order valence-corrected chi connectivity index (χ0v) is 11.1. The average Bonchev–Trinajstić information content (AvgIpc) is 2.25. The van der Waals surface area contributed by atoms with Gasteiger partial charge in [-0.1, -0.05) is 20.8 Å². The number of ether oxygens (including phenoxy) is 1. The van der Waals surface area contributed by atoms with Crippen LogP contribution in [0.1, 0.15) is 26.3 Å². The minimum atomic E-state index is -1.23. The Morgan fingerprint density at radius 3 is 2.10 bits per heavy atom. The summed E-state index contributed by atoms with van der Waals surface area (Å²) in [4.78, 5) is 31.1. The number of hydrogen-bond donors (Lipinski definition) is 1. The predicted molar refractivity (Wildman–Crippen MR) is 68.7 cm³/mol. The van der Waals surface area contributed by atoms with E-state index in [9.17, 15) is 25.0 Å². The highest BCUT2D eigenvalue weighted by molar-refractivity contribution is 5.72. The highest BCUT2D eigenvalue weighted by Gasteiger charge is 2.32. The first-order valence-corrected chi connectivity index (χ1v) is 5.48. The van der Waals surface area contributed by atoms with Gasteiger partial charge in [0, 0.05) is 11.6 Å². The van der Waals surface area contributed by atoms with Crippen LogP contribution in [0.4, 0.5) is 16.2 Å². The van der Waals surface area contributed by atoms with E-state index in [1.54, 1.807) is 20.8 Å². The molecule has 0 unspecified atom stereocenters. The highest BCUT2D eigenvalue weighted by Crippen LogP contribution is 2.41. The lowest BCUT2D eigenvalue weighted by Gasteiger charge is -2.21. The maximum atomic E-state index is 11.0. The van der Waals surface area contributed by atoms with Gasteiger partial charge in [-0.2, -0.15) is 0 Å². The Balaban J connectivity index is 3.71. The summed E-state index contributed by atoms with van der Waals surface area (Å²) in [5.41, 5.74) is 3.18. The molecule has 1 rings (SSSR count). The smallest absolute Gasteiger partial charge is 0.403 e. The van der Waals surface area contributed by atoms with Crippen LogP contribution in [0.2, 0.25) is 0 Å². The third-order valence-electron chi connectivity index (χ3n) is 2.47. The van der Waals surface area contributed by atoms with E-state index in [-0.39, 0.29) is 11.3 Å². The summed E-state index contributed by atoms with van der Waals surface area (Å²) in [7, 11) is 0. The number of carbonyl (C=O) groups is 1. The molecule has 0 heterocycles. The fraction of sp³-hybridized carbons (Fsp3) is 0.364. The number of amides is 1. The standard InChI is InChI=1S/C11H13N3O6/c1-11(2,3)7-4-6(13(16)17)5-8(14(18)19)9(7)20-10(12)15/h4-5H,1-3H3,(H2,12,15). The third-order valence-corrected chi connectivity index (χ3v) is 2.47. The fourth-order valence-corrected chi connectivity index (χ4v) is 1.60. The lowest BCUT2D eigenvalue weighted by Crippen LogP contribution is -2.21. The Hall–Kier alpha value is -2.71. The Bertz CT molecular complexity index is 591. The monoisotopic (exact) mass is 283 g/mol. The molecule has 0 aliphatic rings. The number of rotatable bonds is 3. The van der Waals surface area contributed by atoms with Gasteiger partial charge < -0.3 is 10.5 Å². The van der Waals surface area contributed by atoms with Crippen LogP contribution >= 0.6 is 0 Å². The van der Waals surface area contributed by atoms with E-state index >= 15 is 0 Å². The number of carbonyl (C=O) groups excluding carboxylic acids is 1. The van der Waals surface area contributed by atoms with Crippen molar-refractivity contribution in [2.45, 2.75) is 26.2 Å². The van der Waals surface area contributed by atoms with Crippen molar-refractivity contribution in [2.75, 3.05) is 0 Å². The van der Waals surface area contributed by atoms with Gasteiger partial charge in [0.2, 0.25) is 5.75 Å². The molecule has 1 amide bonds. The highest BCUT2D eigenvalue weighted by atomic mass is 16.6. The number of hydrogen-bond acceptors (Lipinski definition) is 6. The summed E-state index contributed by atoms with van der Waals surface area (Å²) in [5.74, 6) is -0.374. The molecule has 0 aliphatic carbocycles. The van der Waals surface area contributed by atoms with Gasteiger partial charge in [0.05, 0.1) is 15.9 Å². The number of nitro groups is 2. The van der Waals surface area contributed by atoms with Crippen LogP contribution in [0.3, 0.4) is 0 Å². The van der Waals surface area contributed by atoms with E-state index in [1.165, 1.54) is 0 Å². The summed E-state index contributed by atoms with van der Waals surface area (Å²) in [6, 6.07) is 1.86. The molecule has 0 fully saturated rings. The van der Waals surface area contributed by atoms with Crippen molar-refractivity contribution in [3.63, 3.8) is 0 Å². The zero-order valence-electron chi connectivity index (χ0n) is 11.1. The molecule has 1 aromatic rings. The molecule has 9 nitrogen and oxygen atoms in total. The van der Waals surface area contributed by atoms with Gasteiger partial charge in [-0.25, -0.2) is 4.79 Å². The largest absolute Gasteiger partial charge is 0.410 e. The van der Waals surface area contributed by atoms with Gasteiger partial charge in [0.1, 0.15) is 0 Å². The van der Waals surface area contributed by atoms with Crippen molar-refractivity contribution in [1.82, 2.24) is 0 Å². The second-order valence-corrected chi connectivity index (χ2v) is 5.03. The Kier molecular flexibility index (Phi) is 3.92. The molecule has 0 radical (unpaired) electrons. The van der Waals surface area contributed by atoms with Crippen molar-refractivity contribution < 1.29 is 19.4 Å². The second-order valence-electron chi connectivity index (χ2n) is 5.03. The van der Waals surface area contributed by atoms with Crippen molar-refractivity contribution >= 4 is 17.5 Å². The van der Waals surface area contributed by atoms with Crippen molar-refractivity contribution in [3.8, 4) is 5.75 Å². The lowest BCUT2D eigenvalue weighted by molar-refractivity contribution is -0.394. The first-order chi connectivity index (χ1) is 9.04. The van der Waals surface area contributed by atoms with Crippen LogP contribution in [-0.2, 0) is 5.41 Å². The maximum absolute atomic E-state index is 11.0. The van der Waals surface area contributed by atoms with Gasteiger partial charge in [0.15, 0.2) is 0 Å². The number of primary amides is 1. The SMILES string of the molecule is CC(C)(C)c1cc([N+](=O)[O-])cc([N+](=O)[O-])c1OC(N)=O. The lowest BCUT2D eigenvalue weighted by atomic mass is 9.85. The Labute approximate surface area is 113 Å². The van der Waals surface area contributed by atoms with E-state index in [1.807, 2.05) is 0 Å². The van der Waals surface area contributed by atoms with Crippen LogP contribution < -0.4 is 10.5 Å². The van der Waals surface area contributed by atoms with Crippen LogP contribution in [0.15, 0.2) is 12.1 Å². The number of nitrogens with two attached hydrogens (primary N) is 1. The first-order valence-electron chi connectivity index (χ1n) is 5.48. The quantitative estimate of drug-likeness (QED) is 0.666. The molecule has 0 bridgehead atoms. The van der Waals surface area contributed by atoms with Crippen LogP contribution in [0, 0.1) is 20.2 Å². The van der Waals surface area contributed by atoms with Gasteiger partial charge >= 0.3 is 11.8 Å². The fourth-order valence-electron chi connectivity index (χ4n) is 1.60. The van der Waals surface area contributed by atoms with Crippen molar-refractivity contribution in [2.24, 2.45) is 5.73 Å². The van der Waals surface area contributed by atoms with E-state index in [0.717, 1.165) is 12.1 Å². The summed E-state index contributed by atoms with van der Waals surface area (Å²) in [5, 5.41) is 21.8. The molecule has 1 aromatic carbocycles. The molecule has 0 atom stereocenters. The molecular weight excluding hydrogens is 270 g/mol. The van der Waals surface area contributed by atoms with Gasteiger partial charge in [0.25, 0.3) is 5.69 Å². The minimum Gasteiger partial charge on any atom is -0.403 e. The molecule has 0 saturated heterocycles. The number of benzene rings is 1. The number of non-ortho nitro benzene ring substituents is 1. The number of nitrogens with zero attached hydrogens (tertiary/aromatic N) is 2.